The van der Waals surface area contributed by atoms with Crippen LogP contribution in [0.4, 0.5) is 0 Å². The summed E-state index contributed by atoms with van der Waals surface area (Å²) in [5.41, 5.74) is 12.4. The Balaban J connectivity index is 2.32. The Bertz CT molecular complexity index is 1170. The fourth-order valence-corrected chi connectivity index (χ4v) is 3.80. The maximum Gasteiger partial charge on any atom is 0.326 e. The predicted octanol–water partition coefficient (Wildman–Crippen LogP) is -0.0348. The fourth-order valence-electron chi connectivity index (χ4n) is 3.80. The van der Waals surface area contributed by atoms with Gasteiger partial charge in [-0.3, -0.25) is 19.2 Å². The standard InChI is InChI=1S/C28H37N5O7/c1-16(2)24(30)27(38)33-22(14-17-6-4-3-5-7-17)26(37)32-21(15-18-8-10-19(34)11-9-18)25(36)31-20(28(39)40)12-13-23(29)35/h3-11,16,20-22,24,34H,12-15,30H2,1-2H3,(H2,29,35)(H,31,36)(H,32,37)(H,33,38)(H,39,40). The largest absolute Gasteiger partial charge is 0.508 e. The van der Waals surface area contributed by atoms with Gasteiger partial charge in [0.25, 0.3) is 0 Å². The minimum Gasteiger partial charge on any atom is -0.508 e. The van der Waals surface area contributed by atoms with Crippen LogP contribution < -0.4 is 27.4 Å². The van der Waals surface area contributed by atoms with Crippen molar-refractivity contribution < 1.29 is 34.2 Å². The summed E-state index contributed by atoms with van der Waals surface area (Å²) in [6.45, 7) is 3.54. The van der Waals surface area contributed by atoms with E-state index in [9.17, 15) is 34.2 Å². The third-order valence-electron chi connectivity index (χ3n) is 6.24. The van der Waals surface area contributed by atoms with Gasteiger partial charge < -0.3 is 37.6 Å². The highest BCUT2D eigenvalue weighted by Crippen LogP contribution is 2.13. The van der Waals surface area contributed by atoms with Crippen LogP contribution in [0.25, 0.3) is 0 Å². The Morgan fingerprint density at radius 1 is 0.750 bits per heavy atom. The molecule has 40 heavy (non-hydrogen) atoms. The summed E-state index contributed by atoms with van der Waals surface area (Å²) in [5.74, 6) is -4.34. The van der Waals surface area contributed by atoms with Gasteiger partial charge in [0.1, 0.15) is 23.9 Å². The Morgan fingerprint density at radius 2 is 1.23 bits per heavy atom. The molecule has 0 heterocycles. The van der Waals surface area contributed by atoms with Crippen molar-refractivity contribution in [2.45, 2.75) is 63.7 Å². The SMILES string of the molecule is CC(C)C(N)C(=O)NC(Cc1ccccc1)C(=O)NC(Cc1ccc(O)cc1)C(=O)NC(CCC(N)=O)C(=O)O. The van der Waals surface area contributed by atoms with E-state index in [0.29, 0.717) is 5.56 Å². The molecule has 0 saturated carbocycles. The van der Waals surface area contributed by atoms with Crippen LogP contribution in [-0.4, -0.2) is 64.0 Å². The molecule has 2 rings (SSSR count). The third-order valence-corrected chi connectivity index (χ3v) is 6.24. The minimum atomic E-state index is -1.43. The molecule has 0 saturated heterocycles. The van der Waals surface area contributed by atoms with Crippen molar-refractivity contribution in [3.63, 3.8) is 0 Å². The number of carboxylic acid groups (broad SMARTS) is 1. The van der Waals surface area contributed by atoms with Gasteiger partial charge in [-0.25, -0.2) is 4.79 Å². The van der Waals surface area contributed by atoms with E-state index in [-0.39, 0.29) is 37.4 Å². The van der Waals surface area contributed by atoms with Gasteiger partial charge in [0, 0.05) is 19.3 Å². The van der Waals surface area contributed by atoms with Crippen LogP contribution in [0.5, 0.6) is 5.75 Å². The van der Waals surface area contributed by atoms with Crippen molar-refractivity contribution in [1.82, 2.24) is 16.0 Å². The third kappa shape index (κ3) is 10.4. The summed E-state index contributed by atoms with van der Waals surface area (Å²) in [7, 11) is 0. The number of carbonyl (C=O) groups is 5. The average molecular weight is 556 g/mol. The zero-order valence-corrected chi connectivity index (χ0v) is 22.5. The number of nitrogens with one attached hydrogen (secondary N) is 3. The highest BCUT2D eigenvalue weighted by atomic mass is 16.4. The monoisotopic (exact) mass is 555 g/mol. The number of hydrogen-bond acceptors (Lipinski definition) is 7. The molecule has 2 aromatic rings. The highest BCUT2D eigenvalue weighted by molar-refractivity contribution is 5.94. The molecule has 2 aromatic carbocycles. The molecule has 0 aliphatic rings. The van der Waals surface area contributed by atoms with Crippen LogP contribution in [0.1, 0.15) is 37.8 Å². The summed E-state index contributed by atoms with van der Waals surface area (Å²) in [6, 6.07) is 10.2. The van der Waals surface area contributed by atoms with Gasteiger partial charge in [-0.2, -0.15) is 0 Å². The summed E-state index contributed by atoms with van der Waals surface area (Å²) >= 11 is 0. The summed E-state index contributed by atoms with van der Waals surface area (Å²) in [5, 5.41) is 26.8. The van der Waals surface area contributed by atoms with E-state index >= 15 is 0 Å². The van der Waals surface area contributed by atoms with Crippen LogP contribution in [0.15, 0.2) is 54.6 Å². The number of rotatable bonds is 15. The fraction of sp³-hybridized carbons (Fsp3) is 0.393. The second-order valence-electron chi connectivity index (χ2n) is 9.86. The lowest BCUT2D eigenvalue weighted by molar-refractivity contribution is -0.142. The van der Waals surface area contributed by atoms with Gasteiger partial charge in [0.2, 0.25) is 23.6 Å². The number of hydrogen-bond donors (Lipinski definition) is 7. The molecule has 0 fully saturated rings. The Labute approximate surface area is 232 Å². The van der Waals surface area contributed by atoms with Crippen molar-refractivity contribution >= 4 is 29.6 Å². The van der Waals surface area contributed by atoms with Gasteiger partial charge in [-0.1, -0.05) is 56.3 Å². The van der Waals surface area contributed by atoms with Crippen molar-refractivity contribution in [2.24, 2.45) is 17.4 Å². The predicted molar refractivity (Wildman–Crippen MR) is 147 cm³/mol. The number of primary amides is 1. The molecule has 0 aliphatic carbocycles. The molecule has 0 aliphatic heterocycles. The van der Waals surface area contributed by atoms with E-state index in [0.717, 1.165) is 5.56 Å². The number of aromatic hydroxyl groups is 1. The van der Waals surface area contributed by atoms with Crippen molar-refractivity contribution in [3.8, 4) is 5.75 Å². The van der Waals surface area contributed by atoms with Crippen LogP contribution in [0, 0.1) is 5.92 Å². The zero-order chi connectivity index (χ0) is 29.8. The second kappa shape index (κ2) is 15.2. The van der Waals surface area contributed by atoms with Crippen molar-refractivity contribution in [3.05, 3.63) is 65.7 Å². The molecular formula is C28H37N5O7. The molecule has 4 atom stereocenters. The number of benzene rings is 2. The number of carboxylic acids is 1. The number of carbonyl (C=O) groups excluding carboxylic acids is 4. The van der Waals surface area contributed by atoms with E-state index in [1.54, 1.807) is 56.3 Å². The number of nitrogens with two attached hydrogens (primary N) is 2. The van der Waals surface area contributed by atoms with Crippen LogP contribution in [0.2, 0.25) is 0 Å². The lowest BCUT2D eigenvalue weighted by Crippen LogP contribution is -2.58. The van der Waals surface area contributed by atoms with E-state index in [1.165, 1.54) is 12.1 Å². The minimum absolute atomic E-state index is 0.00157. The van der Waals surface area contributed by atoms with Gasteiger partial charge in [0.15, 0.2) is 0 Å². The molecule has 9 N–H and O–H groups in total. The van der Waals surface area contributed by atoms with E-state index < -0.39 is 53.8 Å². The van der Waals surface area contributed by atoms with Gasteiger partial charge in [-0.15, -0.1) is 0 Å². The Hall–Kier alpha value is -4.45. The van der Waals surface area contributed by atoms with Crippen LogP contribution in [0.3, 0.4) is 0 Å². The quantitative estimate of drug-likeness (QED) is 0.158. The average Bonchev–Trinajstić information content (AvgIpc) is 2.90. The number of phenols is 1. The van der Waals surface area contributed by atoms with E-state index in [4.69, 9.17) is 11.5 Å². The Kier molecular flexibility index (Phi) is 12.1. The number of amides is 4. The molecule has 216 valence electrons. The molecule has 4 unspecified atom stereocenters. The normalized spacial score (nSPS) is 13.9. The molecule has 0 aromatic heterocycles. The first-order valence-corrected chi connectivity index (χ1v) is 12.9. The molecule has 12 heteroatoms. The van der Waals surface area contributed by atoms with E-state index in [1.807, 2.05) is 0 Å². The zero-order valence-electron chi connectivity index (χ0n) is 22.5. The van der Waals surface area contributed by atoms with Crippen molar-refractivity contribution in [2.75, 3.05) is 0 Å². The van der Waals surface area contributed by atoms with Gasteiger partial charge in [-0.05, 0) is 35.6 Å². The lowest BCUT2D eigenvalue weighted by atomic mass is 10.0. The topological polar surface area (TPSA) is 214 Å². The number of phenolic OH excluding ortho intramolecular Hbond substituents is 1. The molecule has 0 radical (unpaired) electrons. The van der Waals surface area contributed by atoms with E-state index in [2.05, 4.69) is 16.0 Å². The smallest absolute Gasteiger partial charge is 0.326 e. The lowest BCUT2D eigenvalue weighted by Gasteiger charge is -2.26. The Morgan fingerprint density at radius 3 is 1.70 bits per heavy atom. The van der Waals surface area contributed by atoms with Crippen molar-refractivity contribution in [1.29, 1.82) is 0 Å². The summed E-state index contributed by atoms with van der Waals surface area (Å²) < 4.78 is 0. The first-order valence-electron chi connectivity index (χ1n) is 12.9. The molecule has 0 spiro atoms. The maximum absolute atomic E-state index is 13.5. The molecular weight excluding hydrogens is 518 g/mol. The van der Waals surface area contributed by atoms with Crippen LogP contribution in [-0.2, 0) is 36.8 Å². The number of aliphatic carboxylic acids is 1. The first-order chi connectivity index (χ1) is 18.9. The van der Waals surface area contributed by atoms with Gasteiger partial charge >= 0.3 is 5.97 Å². The summed E-state index contributed by atoms with van der Waals surface area (Å²) in [6.07, 6.45) is -0.464. The van der Waals surface area contributed by atoms with Gasteiger partial charge in [0.05, 0.1) is 6.04 Å². The van der Waals surface area contributed by atoms with Crippen LogP contribution >= 0.6 is 0 Å². The second-order valence-corrected chi connectivity index (χ2v) is 9.86. The molecule has 0 bridgehead atoms. The first kappa shape index (κ1) is 31.8. The highest BCUT2D eigenvalue weighted by Gasteiger charge is 2.31. The summed E-state index contributed by atoms with van der Waals surface area (Å²) in [4.78, 5) is 62.4. The molecule has 12 nitrogen and oxygen atoms in total. The maximum atomic E-state index is 13.5. The molecule has 4 amide bonds.